The Morgan fingerprint density at radius 1 is 1.38 bits per heavy atom. The van der Waals surface area contributed by atoms with Gasteiger partial charge < -0.3 is 5.43 Å². The SMILES string of the molecule is Brc1cccnc1/C=N\NC1CCCCC1. The Balaban J connectivity index is 1.87. The number of hydrazone groups is 1. The summed E-state index contributed by atoms with van der Waals surface area (Å²) in [5.41, 5.74) is 4.07. The van der Waals surface area contributed by atoms with E-state index in [0.717, 1.165) is 10.2 Å². The van der Waals surface area contributed by atoms with Gasteiger partial charge in [-0.3, -0.25) is 4.98 Å². The number of rotatable bonds is 3. The molecule has 1 aromatic heterocycles. The van der Waals surface area contributed by atoms with Crippen molar-refractivity contribution in [2.45, 2.75) is 38.1 Å². The highest BCUT2D eigenvalue weighted by Gasteiger charge is 2.11. The molecule has 0 saturated heterocycles. The number of hydrogen-bond donors (Lipinski definition) is 1. The van der Waals surface area contributed by atoms with Gasteiger partial charge in [-0.15, -0.1) is 0 Å². The second-order valence-corrected chi connectivity index (χ2v) is 4.95. The minimum Gasteiger partial charge on any atom is -0.307 e. The smallest absolute Gasteiger partial charge is 0.0971 e. The predicted octanol–water partition coefficient (Wildman–Crippen LogP) is 3.10. The van der Waals surface area contributed by atoms with Crippen LogP contribution in [0.5, 0.6) is 0 Å². The Bertz CT molecular complexity index is 359. The molecule has 16 heavy (non-hydrogen) atoms. The molecule has 1 heterocycles. The third kappa shape index (κ3) is 3.30. The second kappa shape index (κ2) is 5.99. The first-order valence-electron chi connectivity index (χ1n) is 5.75. The number of aromatic nitrogens is 1. The van der Waals surface area contributed by atoms with Crippen LogP contribution in [0.25, 0.3) is 0 Å². The predicted molar refractivity (Wildman–Crippen MR) is 69.5 cm³/mol. The maximum Gasteiger partial charge on any atom is 0.0971 e. The summed E-state index contributed by atoms with van der Waals surface area (Å²) in [6.07, 6.45) is 10.0. The molecule has 86 valence electrons. The highest BCUT2D eigenvalue weighted by molar-refractivity contribution is 9.10. The number of nitrogens with one attached hydrogen (secondary N) is 1. The number of hydrogen-bond acceptors (Lipinski definition) is 3. The highest BCUT2D eigenvalue weighted by atomic mass is 79.9. The minimum absolute atomic E-state index is 0.549. The maximum absolute atomic E-state index is 4.26. The summed E-state index contributed by atoms with van der Waals surface area (Å²) < 4.78 is 0.976. The topological polar surface area (TPSA) is 37.3 Å². The highest BCUT2D eigenvalue weighted by Crippen LogP contribution is 2.17. The van der Waals surface area contributed by atoms with Crippen molar-refractivity contribution in [3.8, 4) is 0 Å². The van der Waals surface area contributed by atoms with Gasteiger partial charge in [-0.05, 0) is 40.9 Å². The van der Waals surface area contributed by atoms with Crippen molar-refractivity contribution in [1.82, 2.24) is 10.4 Å². The van der Waals surface area contributed by atoms with Gasteiger partial charge in [-0.1, -0.05) is 19.3 Å². The lowest BCUT2D eigenvalue weighted by Crippen LogP contribution is -2.26. The maximum atomic E-state index is 4.26. The van der Waals surface area contributed by atoms with E-state index in [1.54, 1.807) is 12.4 Å². The average Bonchev–Trinajstić information content (AvgIpc) is 2.33. The molecule has 0 atom stereocenters. The molecular formula is C12H16BrN3. The van der Waals surface area contributed by atoms with Gasteiger partial charge in [0.15, 0.2) is 0 Å². The average molecular weight is 282 g/mol. The summed E-state index contributed by atoms with van der Waals surface area (Å²) in [4.78, 5) is 4.22. The zero-order chi connectivity index (χ0) is 11.2. The first-order chi connectivity index (χ1) is 7.86. The molecule has 0 spiro atoms. The molecule has 1 aliphatic rings. The lowest BCUT2D eigenvalue weighted by molar-refractivity contribution is 0.381. The van der Waals surface area contributed by atoms with E-state index in [2.05, 4.69) is 31.4 Å². The van der Waals surface area contributed by atoms with Crippen LogP contribution in [0, 0.1) is 0 Å². The van der Waals surface area contributed by atoms with E-state index in [0.29, 0.717) is 6.04 Å². The zero-order valence-electron chi connectivity index (χ0n) is 9.19. The van der Waals surface area contributed by atoms with Crippen LogP contribution in [-0.4, -0.2) is 17.2 Å². The number of pyridine rings is 1. The van der Waals surface area contributed by atoms with Gasteiger partial charge in [0.25, 0.3) is 0 Å². The van der Waals surface area contributed by atoms with Crippen LogP contribution in [0.2, 0.25) is 0 Å². The molecule has 1 saturated carbocycles. The van der Waals surface area contributed by atoms with Crippen molar-refractivity contribution in [2.24, 2.45) is 5.10 Å². The van der Waals surface area contributed by atoms with Crippen molar-refractivity contribution in [3.63, 3.8) is 0 Å². The summed E-state index contributed by atoms with van der Waals surface area (Å²) >= 11 is 3.44. The van der Waals surface area contributed by atoms with E-state index in [1.807, 2.05) is 12.1 Å². The van der Waals surface area contributed by atoms with E-state index in [9.17, 15) is 0 Å². The molecule has 4 heteroatoms. The van der Waals surface area contributed by atoms with Crippen molar-refractivity contribution in [3.05, 3.63) is 28.5 Å². The molecule has 0 aliphatic heterocycles. The Kier molecular flexibility index (Phi) is 4.34. The summed E-state index contributed by atoms with van der Waals surface area (Å²) in [6, 6.07) is 4.41. The molecule has 0 amide bonds. The van der Waals surface area contributed by atoms with Crippen LogP contribution in [0.1, 0.15) is 37.8 Å². The van der Waals surface area contributed by atoms with Crippen LogP contribution in [0.15, 0.2) is 27.9 Å². The molecule has 1 fully saturated rings. The Morgan fingerprint density at radius 3 is 2.94 bits per heavy atom. The second-order valence-electron chi connectivity index (χ2n) is 4.09. The largest absolute Gasteiger partial charge is 0.307 e. The first kappa shape index (κ1) is 11.6. The van der Waals surface area contributed by atoms with Crippen molar-refractivity contribution in [1.29, 1.82) is 0 Å². The molecule has 0 aromatic carbocycles. The van der Waals surface area contributed by atoms with Gasteiger partial charge in [0.1, 0.15) is 0 Å². The summed E-state index contributed by atoms with van der Waals surface area (Å²) in [6.45, 7) is 0. The van der Waals surface area contributed by atoms with Crippen molar-refractivity contribution >= 4 is 22.1 Å². The van der Waals surface area contributed by atoms with Crippen LogP contribution in [-0.2, 0) is 0 Å². The molecule has 3 nitrogen and oxygen atoms in total. The van der Waals surface area contributed by atoms with Gasteiger partial charge in [-0.25, -0.2) is 0 Å². The van der Waals surface area contributed by atoms with Crippen LogP contribution in [0.3, 0.4) is 0 Å². The van der Waals surface area contributed by atoms with Crippen molar-refractivity contribution in [2.75, 3.05) is 0 Å². The van der Waals surface area contributed by atoms with E-state index in [-0.39, 0.29) is 0 Å². The Morgan fingerprint density at radius 2 is 2.19 bits per heavy atom. The molecule has 1 aliphatic carbocycles. The van der Waals surface area contributed by atoms with Crippen LogP contribution >= 0.6 is 15.9 Å². The Hall–Kier alpha value is -0.900. The first-order valence-corrected chi connectivity index (χ1v) is 6.54. The summed E-state index contributed by atoms with van der Waals surface area (Å²) in [7, 11) is 0. The molecular weight excluding hydrogens is 266 g/mol. The normalized spacial score (nSPS) is 17.8. The van der Waals surface area contributed by atoms with Crippen molar-refractivity contribution < 1.29 is 0 Å². The molecule has 1 N–H and O–H groups in total. The monoisotopic (exact) mass is 281 g/mol. The van der Waals surface area contributed by atoms with E-state index < -0.39 is 0 Å². The molecule has 1 aromatic rings. The quantitative estimate of drug-likeness (QED) is 0.683. The van der Waals surface area contributed by atoms with E-state index in [4.69, 9.17) is 0 Å². The van der Waals surface area contributed by atoms with Gasteiger partial charge in [0, 0.05) is 16.7 Å². The molecule has 0 bridgehead atoms. The number of nitrogens with zero attached hydrogens (tertiary/aromatic N) is 2. The Labute approximate surface area is 104 Å². The number of halogens is 1. The molecule has 2 rings (SSSR count). The lowest BCUT2D eigenvalue weighted by Gasteiger charge is -2.20. The van der Waals surface area contributed by atoms with Gasteiger partial charge in [0.2, 0.25) is 0 Å². The lowest BCUT2D eigenvalue weighted by atomic mass is 9.96. The molecule has 0 unspecified atom stereocenters. The van der Waals surface area contributed by atoms with E-state index in [1.165, 1.54) is 32.1 Å². The fraction of sp³-hybridized carbons (Fsp3) is 0.500. The summed E-state index contributed by atoms with van der Waals surface area (Å²) in [5.74, 6) is 0. The standard InChI is InChI=1S/C12H16BrN3/c13-11-7-4-8-14-12(11)9-15-16-10-5-2-1-3-6-10/h4,7-10,16H,1-3,5-6H2/b15-9-. The summed E-state index contributed by atoms with van der Waals surface area (Å²) in [5, 5.41) is 4.26. The van der Waals surface area contributed by atoms with Crippen LogP contribution in [0.4, 0.5) is 0 Å². The van der Waals surface area contributed by atoms with Crippen LogP contribution < -0.4 is 5.43 Å². The van der Waals surface area contributed by atoms with Gasteiger partial charge in [0.05, 0.1) is 11.9 Å². The minimum atomic E-state index is 0.549. The molecule has 0 radical (unpaired) electrons. The van der Waals surface area contributed by atoms with E-state index >= 15 is 0 Å². The third-order valence-electron chi connectivity index (χ3n) is 2.84. The fourth-order valence-corrected chi connectivity index (χ4v) is 2.29. The fourth-order valence-electron chi connectivity index (χ4n) is 1.93. The zero-order valence-corrected chi connectivity index (χ0v) is 10.8. The third-order valence-corrected chi connectivity index (χ3v) is 3.51. The van der Waals surface area contributed by atoms with Gasteiger partial charge >= 0.3 is 0 Å². The van der Waals surface area contributed by atoms with Gasteiger partial charge in [-0.2, -0.15) is 5.10 Å².